The van der Waals surface area contributed by atoms with Crippen molar-refractivity contribution in [1.29, 1.82) is 0 Å². The Labute approximate surface area is 94.3 Å². The Morgan fingerprint density at radius 2 is 2.19 bits per heavy atom. The Morgan fingerprint density at radius 1 is 1.44 bits per heavy atom. The molecule has 0 saturated heterocycles. The lowest BCUT2D eigenvalue weighted by molar-refractivity contribution is -0.0171. The van der Waals surface area contributed by atoms with Crippen LogP contribution < -0.4 is 10.5 Å². The first kappa shape index (κ1) is 11.4. The van der Waals surface area contributed by atoms with Gasteiger partial charge in [0.15, 0.2) is 6.79 Å². The van der Waals surface area contributed by atoms with Gasteiger partial charge >= 0.3 is 0 Å². The zero-order valence-corrected chi connectivity index (χ0v) is 9.55. The van der Waals surface area contributed by atoms with Gasteiger partial charge in [0, 0.05) is 11.1 Å². The number of benzene rings is 1. The molecule has 1 aromatic rings. The van der Waals surface area contributed by atoms with E-state index in [1.165, 1.54) is 6.07 Å². The summed E-state index contributed by atoms with van der Waals surface area (Å²) in [5, 5.41) is 0. The van der Waals surface area contributed by atoms with Crippen molar-refractivity contribution in [1.82, 2.24) is 0 Å². The zero-order valence-electron chi connectivity index (χ0n) is 9.55. The molecule has 0 spiro atoms. The molecule has 1 aliphatic heterocycles. The molecule has 88 valence electrons. The fourth-order valence-electron chi connectivity index (χ4n) is 1.83. The molecule has 0 saturated carbocycles. The van der Waals surface area contributed by atoms with Crippen LogP contribution >= 0.6 is 0 Å². The third kappa shape index (κ3) is 2.33. The molecule has 1 aromatic carbocycles. The summed E-state index contributed by atoms with van der Waals surface area (Å²) < 4.78 is 24.2. The van der Waals surface area contributed by atoms with Crippen LogP contribution in [0.5, 0.6) is 5.75 Å². The summed E-state index contributed by atoms with van der Waals surface area (Å²) >= 11 is 0. The lowest BCUT2D eigenvalue weighted by atomic mass is 9.92. The van der Waals surface area contributed by atoms with Crippen molar-refractivity contribution in [3.63, 3.8) is 0 Å². The van der Waals surface area contributed by atoms with Gasteiger partial charge in [0.05, 0.1) is 6.61 Å². The van der Waals surface area contributed by atoms with E-state index < -0.39 is 5.54 Å². The Balaban J connectivity index is 2.42. The summed E-state index contributed by atoms with van der Waals surface area (Å²) in [4.78, 5) is 0. The lowest BCUT2D eigenvalue weighted by Crippen LogP contribution is -2.35. The van der Waals surface area contributed by atoms with Gasteiger partial charge in [-0.15, -0.1) is 0 Å². The molecule has 4 heteroatoms. The molecule has 2 N–H and O–H groups in total. The lowest BCUT2D eigenvalue weighted by Gasteiger charge is -2.25. The standard InChI is InChI=1S/C12H16FNO2/c1-12(2,14)5-8-9-6-15-7-16-11(9)4-3-10(8)13/h3-4H,5-7,14H2,1-2H3. The van der Waals surface area contributed by atoms with Gasteiger partial charge in [-0.05, 0) is 38.0 Å². The molecular formula is C12H16FNO2. The minimum Gasteiger partial charge on any atom is -0.467 e. The van der Waals surface area contributed by atoms with E-state index in [2.05, 4.69) is 0 Å². The maximum absolute atomic E-state index is 13.7. The highest BCUT2D eigenvalue weighted by Crippen LogP contribution is 2.30. The van der Waals surface area contributed by atoms with Crippen LogP contribution in [0.4, 0.5) is 4.39 Å². The normalized spacial score (nSPS) is 15.5. The molecule has 3 nitrogen and oxygen atoms in total. The zero-order chi connectivity index (χ0) is 11.8. The van der Waals surface area contributed by atoms with Gasteiger partial charge in [-0.1, -0.05) is 0 Å². The first-order chi connectivity index (χ1) is 7.47. The van der Waals surface area contributed by atoms with Gasteiger partial charge in [-0.25, -0.2) is 4.39 Å². The van der Waals surface area contributed by atoms with Crippen molar-refractivity contribution < 1.29 is 13.9 Å². The van der Waals surface area contributed by atoms with Crippen LogP contribution in [0.2, 0.25) is 0 Å². The van der Waals surface area contributed by atoms with E-state index in [4.69, 9.17) is 15.2 Å². The molecule has 2 rings (SSSR count). The topological polar surface area (TPSA) is 44.5 Å². The highest BCUT2D eigenvalue weighted by atomic mass is 19.1. The largest absolute Gasteiger partial charge is 0.467 e. The molecule has 0 fully saturated rings. The molecule has 0 bridgehead atoms. The second-order valence-electron chi connectivity index (χ2n) is 4.78. The Kier molecular flexibility index (Phi) is 2.86. The van der Waals surface area contributed by atoms with Gasteiger partial charge in [-0.3, -0.25) is 0 Å². The Bertz CT molecular complexity index is 399. The van der Waals surface area contributed by atoms with Crippen LogP contribution in [0.1, 0.15) is 25.0 Å². The SMILES string of the molecule is CC(C)(N)Cc1c(F)ccc2c1COCO2. The van der Waals surface area contributed by atoms with E-state index >= 15 is 0 Å². The van der Waals surface area contributed by atoms with Crippen LogP contribution in [0, 0.1) is 5.82 Å². The number of ether oxygens (including phenoxy) is 2. The highest BCUT2D eigenvalue weighted by molar-refractivity contribution is 5.42. The summed E-state index contributed by atoms with van der Waals surface area (Å²) in [5.41, 5.74) is 6.85. The molecule has 0 atom stereocenters. The molecule has 0 radical (unpaired) electrons. The molecule has 1 heterocycles. The number of hydrogen-bond donors (Lipinski definition) is 1. The molecule has 0 unspecified atom stereocenters. The smallest absolute Gasteiger partial charge is 0.189 e. The second-order valence-corrected chi connectivity index (χ2v) is 4.78. The fourth-order valence-corrected chi connectivity index (χ4v) is 1.83. The monoisotopic (exact) mass is 225 g/mol. The highest BCUT2D eigenvalue weighted by Gasteiger charge is 2.22. The number of rotatable bonds is 2. The molecule has 0 amide bonds. The van der Waals surface area contributed by atoms with Crippen molar-refractivity contribution >= 4 is 0 Å². The van der Waals surface area contributed by atoms with E-state index in [0.717, 1.165) is 5.56 Å². The van der Waals surface area contributed by atoms with Crippen molar-refractivity contribution in [2.75, 3.05) is 6.79 Å². The van der Waals surface area contributed by atoms with Crippen molar-refractivity contribution in [3.8, 4) is 5.75 Å². The van der Waals surface area contributed by atoms with Gasteiger partial charge in [0.1, 0.15) is 11.6 Å². The predicted octanol–water partition coefficient (Wildman–Crippen LogP) is 1.97. The number of fused-ring (bicyclic) bond motifs is 1. The number of halogens is 1. The van der Waals surface area contributed by atoms with Gasteiger partial charge in [0.2, 0.25) is 0 Å². The van der Waals surface area contributed by atoms with Crippen LogP contribution in [0.15, 0.2) is 12.1 Å². The summed E-state index contributed by atoms with van der Waals surface area (Å²) in [6.45, 7) is 4.36. The quantitative estimate of drug-likeness (QED) is 0.837. The first-order valence-corrected chi connectivity index (χ1v) is 5.27. The first-order valence-electron chi connectivity index (χ1n) is 5.27. The molecule has 0 aromatic heterocycles. The van der Waals surface area contributed by atoms with Crippen LogP contribution in [0.25, 0.3) is 0 Å². The van der Waals surface area contributed by atoms with E-state index in [-0.39, 0.29) is 12.6 Å². The molecule has 16 heavy (non-hydrogen) atoms. The van der Waals surface area contributed by atoms with E-state index in [1.54, 1.807) is 6.07 Å². The van der Waals surface area contributed by atoms with Crippen molar-refractivity contribution in [2.24, 2.45) is 5.73 Å². The third-order valence-corrected chi connectivity index (χ3v) is 2.51. The second kappa shape index (κ2) is 4.03. The number of hydrogen-bond acceptors (Lipinski definition) is 3. The third-order valence-electron chi connectivity index (χ3n) is 2.51. The maximum Gasteiger partial charge on any atom is 0.189 e. The van der Waals surface area contributed by atoms with Crippen LogP contribution in [-0.2, 0) is 17.8 Å². The summed E-state index contributed by atoms with van der Waals surface area (Å²) in [7, 11) is 0. The summed E-state index contributed by atoms with van der Waals surface area (Å²) in [5.74, 6) is 0.457. The molecule has 0 aliphatic carbocycles. The number of nitrogens with two attached hydrogens (primary N) is 1. The van der Waals surface area contributed by atoms with E-state index in [9.17, 15) is 4.39 Å². The minimum atomic E-state index is -0.451. The average molecular weight is 225 g/mol. The molecule has 1 aliphatic rings. The maximum atomic E-state index is 13.7. The van der Waals surface area contributed by atoms with Crippen molar-refractivity contribution in [3.05, 3.63) is 29.1 Å². The van der Waals surface area contributed by atoms with Crippen LogP contribution in [-0.4, -0.2) is 12.3 Å². The summed E-state index contributed by atoms with van der Waals surface area (Å²) in [6, 6.07) is 3.06. The summed E-state index contributed by atoms with van der Waals surface area (Å²) in [6.07, 6.45) is 0.467. The van der Waals surface area contributed by atoms with E-state index in [1.807, 2.05) is 13.8 Å². The molecular weight excluding hydrogens is 209 g/mol. The van der Waals surface area contributed by atoms with Crippen LogP contribution in [0.3, 0.4) is 0 Å². The average Bonchev–Trinajstić information content (AvgIpc) is 2.21. The van der Waals surface area contributed by atoms with Gasteiger partial charge < -0.3 is 15.2 Å². The van der Waals surface area contributed by atoms with Crippen molar-refractivity contribution in [2.45, 2.75) is 32.4 Å². The van der Waals surface area contributed by atoms with Gasteiger partial charge in [-0.2, -0.15) is 0 Å². The predicted molar refractivity (Wildman–Crippen MR) is 58.7 cm³/mol. The van der Waals surface area contributed by atoms with Gasteiger partial charge in [0.25, 0.3) is 0 Å². The fraction of sp³-hybridized carbons (Fsp3) is 0.500. The Morgan fingerprint density at radius 3 is 2.88 bits per heavy atom. The van der Waals surface area contributed by atoms with E-state index in [0.29, 0.717) is 24.3 Å². The minimum absolute atomic E-state index is 0.226. The Hall–Kier alpha value is -1.13.